The smallest absolute Gasteiger partial charge is 0.334 e. The molecule has 1 heterocycles. The van der Waals surface area contributed by atoms with Crippen LogP contribution in [-0.4, -0.2) is 56.1 Å². The third-order valence-electron chi connectivity index (χ3n) is 5.88. The Hall–Kier alpha value is -3.31. The van der Waals surface area contributed by atoms with Gasteiger partial charge in [0.25, 0.3) is 0 Å². The highest BCUT2D eigenvalue weighted by atomic mass is 32.2. The molecule has 1 aromatic heterocycles. The van der Waals surface area contributed by atoms with Crippen LogP contribution in [-0.2, 0) is 11.0 Å². The number of para-hydroxylation sites is 1. The highest BCUT2D eigenvalue weighted by molar-refractivity contribution is 7.83. The standard InChI is InChI=1S/C17H24N4.C8H12N2O2S.CH3O2/c1-21(2)16-14-10-6-7-11-15(14)19-17(20-16)18-12-13-8-4-3-5-9-13;1-10-13(11)8-4-3-6(12-2)5-7(8)9;1-3-2/h6-7,10-11,13H,3-5,8-9,12H2,1-2H3,(H,18,19,20);3-5,10H,9H2,1-2H3;1H3/q;;+1. The van der Waals surface area contributed by atoms with Gasteiger partial charge in [0.1, 0.15) is 22.6 Å². The molecule has 3 aromatic rings. The highest BCUT2D eigenvalue weighted by Gasteiger charge is 2.14. The largest absolute Gasteiger partial charge is 0.497 e. The van der Waals surface area contributed by atoms with E-state index in [1.807, 2.05) is 26.2 Å². The summed E-state index contributed by atoms with van der Waals surface area (Å²) < 4.78 is 21.9. The number of methoxy groups -OCH3 is 1. The summed E-state index contributed by atoms with van der Waals surface area (Å²) in [6.07, 6.45) is 6.80. The number of ether oxygens (including phenoxy) is 1. The number of nitrogens with two attached hydrogens (primary N) is 1. The van der Waals surface area contributed by atoms with Gasteiger partial charge in [-0.25, -0.2) is 13.9 Å². The zero-order valence-electron chi connectivity index (χ0n) is 22.3. The third-order valence-corrected chi connectivity index (χ3v) is 7.02. The van der Waals surface area contributed by atoms with Crippen molar-refractivity contribution in [3.8, 4) is 5.75 Å². The van der Waals surface area contributed by atoms with Crippen LogP contribution in [0.25, 0.3) is 10.9 Å². The maximum atomic E-state index is 11.3. The van der Waals surface area contributed by atoms with Crippen LogP contribution in [0.3, 0.4) is 0 Å². The normalized spacial score (nSPS) is 13.9. The van der Waals surface area contributed by atoms with Crippen LogP contribution in [0.2, 0.25) is 0 Å². The van der Waals surface area contributed by atoms with E-state index in [1.54, 1.807) is 32.4 Å². The summed E-state index contributed by atoms with van der Waals surface area (Å²) >= 11 is 0. The first-order chi connectivity index (χ1) is 17.8. The summed E-state index contributed by atoms with van der Waals surface area (Å²) in [4.78, 5) is 20.4. The van der Waals surface area contributed by atoms with Crippen LogP contribution in [0.15, 0.2) is 47.4 Å². The van der Waals surface area contributed by atoms with Crippen LogP contribution in [0.4, 0.5) is 17.5 Å². The van der Waals surface area contributed by atoms with Crippen molar-refractivity contribution in [1.29, 1.82) is 0 Å². The summed E-state index contributed by atoms with van der Waals surface area (Å²) in [7, 11) is 7.05. The summed E-state index contributed by atoms with van der Waals surface area (Å²) in [5, 5.41) is 4.56. The van der Waals surface area contributed by atoms with Crippen molar-refractivity contribution in [3.63, 3.8) is 0 Å². The van der Waals surface area contributed by atoms with Crippen molar-refractivity contribution in [3.05, 3.63) is 52.0 Å². The molecule has 0 aliphatic heterocycles. The average molecular weight is 532 g/mol. The molecule has 1 atom stereocenters. The fourth-order valence-electron chi connectivity index (χ4n) is 4.04. The molecular formula is C26H39N6O4S+. The number of aromatic nitrogens is 2. The van der Waals surface area contributed by atoms with E-state index in [0.29, 0.717) is 16.3 Å². The minimum atomic E-state index is -1.24. The van der Waals surface area contributed by atoms with Crippen molar-refractivity contribution in [2.75, 3.05) is 57.9 Å². The van der Waals surface area contributed by atoms with Gasteiger partial charge in [0, 0.05) is 36.7 Å². The van der Waals surface area contributed by atoms with Gasteiger partial charge < -0.3 is 20.7 Å². The first-order valence-electron chi connectivity index (χ1n) is 12.2. The van der Waals surface area contributed by atoms with Crippen molar-refractivity contribution in [2.24, 2.45) is 5.92 Å². The Kier molecular flexibility index (Phi) is 12.7. The van der Waals surface area contributed by atoms with Crippen LogP contribution in [0.1, 0.15) is 32.1 Å². The molecular weight excluding hydrogens is 492 g/mol. The summed E-state index contributed by atoms with van der Waals surface area (Å²) in [5.74, 6) is 3.17. The molecule has 11 heteroatoms. The topological polar surface area (TPSA) is 134 Å². The molecule has 0 amide bonds. The molecule has 4 rings (SSSR count). The van der Waals surface area contributed by atoms with Crippen molar-refractivity contribution >= 4 is 39.3 Å². The van der Waals surface area contributed by atoms with Gasteiger partial charge in [-0.15, -0.1) is 0 Å². The van der Waals surface area contributed by atoms with E-state index >= 15 is 0 Å². The lowest BCUT2D eigenvalue weighted by molar-refractivity contribution is 0.373. The fourth-order valence-corrected chi connectivity index (χ4v) is 4.72. The third kappa shape index (κ3) is 9.25. The number of fused-ring (bicyclic) bond motifs is 1. The van der Waals surface area contributed by atoms with Crippen molar-refractivity contribution in [1.82, 2.24) is 14.7 Å². The number of benzene rings is 2. The Balaban J connectivity index is 0.000000258. The second kappa shape index (κ2) is 15.7. The quantitative estimate of drug-likeness (QED) is 0.301. The molecule has 1 fully saturated rings. The molecule has 202 valence electrons. The van der Waals surface area contributed by atoms with Gasteiger partial charge in [0.15, 0.2) is 0 Å². The highest BCUT2D eigenvalue weighted by Crippen LogP contribution is 2.26. The monoisotopic (exact) mass is 531 g/mol. The van der Waals surface area contributed by atoms with Crippen LogP contribution in [0.5, 0.6) is 5.75 Å². The lowest BCUT2D eigenvalue weighted by atomic mass is 9.89. The molecule has 1 unspecified atom stereocenters. The van der Waals surface area contributed by atoms with Gasteiger partial charge in [0.05, 0.1) is 23.2 Å². The van der Waals surface area contributed by atoms with Gasteiger partial charge in [0.2, 0.25) is 10.9 Å². The van der Waals surface area contributed by atoms with Gasteiger partial charge >= 0.3 is 7.11 Å². The molecule has 0 spiro atoms. The molecule has 37 heavy (non-hydrogen) atoms. The fraction of sp³-hybridized carbons (Fsp3) is 0.462. The molecule has 1 aliphatic carbocycles. The Morgan fingerprint density at radius 2 is 1.81 bits per heavy atom. The number of anilines is 3. The van der Waals surface area contributed by atoms with Gasteiger partial charge in [-0.2, -0.15) is 4.98 Å². The predicted octanol–water partition coefficient (Wildman–Crippen LogP) is 4.44. The summed E-state index contributed by atoms with van der Waals surface area (Å²) in [6.45, 7) is 0.991. The molecule has 10 nitrogen and oxygen atoms in total. The Morgan fingerprint density at radius 1 is 1.14 bits per heavy atom. The van der Waals surface area contributed by atoms with Crippen LogP contribution >= 0.6 is 0 Å². The number of nitrogens with one attached hydrogen (secondary N) is 2. The number of hydrogen-bond acceptors (Lipinski definition) is 8. The second-order valence-corrected chi connectivity index (χ2v) is 10.1. The number of rotatable bonds is 7. The lowest BCUT2D eigenvalue weighted by Crippen LogP contribution is -2.19. The lowest BCUT2D eigenvalue weighted by Gasteiger charge is -2.22. The van der Waals surface area contributed by atoms with E-state index in [9.17, 15) is 4.21 Å². The Bertz CT molecular complexity index is 1160. The Labute approximate surface area is 221 Å². The molecule has 1 aliphatic rings. The molecule has 2 aromatic carbocycles. The molecule has 4 N–H and O–H groups in total. The van der Waals surface area contributed by atoms with Crippen molar-refractivity contribution in [2.45, 2.75) is 37.0 Å². The minimum absolute atomic E-state index is 0.465. The first kappa shape index (κ1) is 29.9. The number of hydrogen-bond donors (Lipinski definition) is 3. The zero-order valence-corrected chi connectivity index (χ0v) is 23.1. The van der Waals surface area contributed by atoms with E-state index in [1.165, 1.54) is 32.1 Å². The second-order valence-electron chi connectivity index (χ2n) is 8.71. The maximum absolute atomic E-state index is 11.3. The maximum Gasteiger partial charge on any atom is 0.334 e. The van der Waals surface area contributed by atoms with E-state index < -0.39 is 11.0 Å². The molecule has 0 radical (unpaired) electrons. The van der Waals surface area contributed by atoms with Crippen molar-refractivity contribution < 1.29 is 8.95 Å². The van der Waals surface area contributed by atoms with Crippen LogP contribution < -0.4 is 25.4 Å². The molecule has 0 saturated heterocycles. The van der Waals surface area contributed by atoms with Crippen LogP contribution in [0, 0.1) is 15.5 Å². The Morgan fingerprint density at radius 3 is 2.41 bits per heavy atom. The first-order valence-corrected chi connectivity index (χ1v) is 13.4. The van der Waals surface area contributed by atoms with Gasteiger partial charge in [-0.3, -0.25) is 0 Å². The number of nitrogen functional groups attached to an aromatic ring is 1. The van der Waals surface area contributed by atoms with E-state index in [0.717, 1.165) is 42.2 Å². The predicted molar refractivity (Wildman–Crippen MR) is 154 cm³/mol. The van der Waals surface area contributed by atoms with E-state index in [-0.39, 0.29) is 0 Å². The van der Waals surface area contributed by atoms with E-state index in [2.05, 4.69) is 41.6 Å². The summed E-state index contributed by atoms with van der Waals surface area (Å²) in [5.41, 5.74) is 7.13. The van der Waals surface area contributed by atoms with E-state index in [4.69, 9.17) is 15.4 Å². The van der Waals surface area contributed by atoms with Gasteiger partial charge in [-0.1, -0.05) is 31.4 Å². The average Bonchev–Trinajstić information content (AvgIpc) is 2.92. The zero-order chi connectivity index (χ0) is 27.2. The van der Waals surface area contributed by atoms with Gasteiger partial charge in [-0.05, 0) is 50.1 Å². The summed E-state index contributed by atoms with van der Waals surface area (Å²) in [6, 6.07) is 13.2. The molecule has 0 bridgehead atoms. The number of nitrogens with zero attached hydrogens (tertiary/aromatic N) is 3. The minimum Gasteiger partial charge on any atom is -0.497 e. The SMILES string of the molecule is CN(C)c1nc(NCC2CCCCC2)nc2ccccc12.CNS(=O)c1ccc(OC)cc1N.C[O+]=O. The molecule has 1 saturated carbocycles.